The van der Waals surface area contributed by atoms with Crippen LogP contribution < -0.4 is 10.6 Å². The van der Waals surface area contributed by atoms with Gasteiger partial charge in [-0.1, -0.05) is 0 Å². The highest BCUT2D eigenvalue weighted by Gasteiger charge is 2.17. The van der Waals surface area contributed by atoms with Gasteiger partial charge in [-0.05, 0) is 50.9 Å². The molecule has 1 saturated heterocycles. The molecule has 0 saturated carbocycles. The van der Waals surface area contributed by atoms with Crippen molar-refractivity contribution in [3.05, 3.63) is 21.9 Å². The van der Waals surface area contributed by atoms with Gasteiger partial charge in [-0.15, -0.1) is 11.3 Å². The van der Waals surface area contributed by atoms with Crippen LogP contribution in [0.5, 0.6) is 0 Å². The normalized spacial score (nSPS) is 18.9. The number of piperidine rings is 1. The topological polar surface area (TPSA) is 44.4 Å². The van der Waals surface area contributed by atoms with E-state index in [2.05, 4.69) is 34.6 Å². The summed E-state index contributed by atoms with van der Waals surface area (Å²) in [7, 11) is 0. The van der Waals surface area contributed by atoms with Gasteiger partial charge in [-0.25, -0.2) is 0 Å². The maximum atomic E-state index is 11.0. The second kappa shape index (κ2) is 8.51. The maximum absolute atomic E-state index is 11.0. The van der Waals surface area contributed by atoms with E-state index in [4.69, 9.17) is 0 Å². The predicted molar refractivity (Wildman–Crippen MR) is 88.6 cm³/mol. The molecule has 0 aromatic carbocycles. The Kier molecular flexibility index (Phi) is 6.67. The second-order valence-corrected chi connectivity index (χ2v) is 7.32. The zero-order valence-electron chi connectivity index (χ0n) is 13.2. The average Bonchev–Trinajstić information content (AvgIpc) is 2.85. The van der Waals surface area contributed by atoms with Gasteiger partial charge in [-0.3, -0.25) is 9.69 Å². The predicted octanol–water partition coefficient (Wildman–Crippen LogP) is 1.99. The molecule has 2 heterocycles. The number of amides is 1. The van der Waals surface area contributed by atoms with Crippen LogP contribution in [0.2, 0.25) is 0 Å². The summed E-state index contributed by atoms with van der Waals surface area (Å²) in [5.74, 6) is 0.790. The van der Waals surface area contributed by atoms with E-state index in [-0.39, 0.29) is 5.91 Å². The van der Waals surface area contributed by atoms with Gasteiger partial charge in [-0.2, -0.15) is 0 Å². The number of hydrogen-bond acceptors (Lipinski definition) is 4. The fraction of sp³-hybridized carbons (Fsp3) is 0.688. The molecule has 1 fully saturated rings. The highest BCUT2D eigenvalue weighted by atomic mass is 32.1. The number of hydrogen-bond donors (Lipinski definition) is 2. The lowest BCUT2D eigenvalue weighted by Crippen LogP contribution is -2.40. The van der Waals surface area contributed by atoms with Gasteiger partial charge in [0.1, 0.15) is 0 Å². The Morgan fingerprint density at radius 2 is 2.38 bits per heavy atom. The van der Waals surface area contributed by atoms with Gasteiger partial charge in [0.2, 0.25) is 5.91 Å². The molecule has 1 aromatic heterocycles. The molecule has 5 heteroatoms. The highest BCUT2D eigenvalue weighted by Crippen LogP contribution is 2.19. The van der Waals surface area contributed by atoms with E-state index in [0.717, 1.165) is 45.2 Å². The lowest BCUT2D eigenvalue weighted by atomic mass is 9.99. The van der Waals surface area contributed by atoms with Gasteiger partial charge < -0.3 is 10.6 Å². The molecule has 1 amide bonds. The molecule has 2 N–H and O–H groups in total. The molecule has 1 aliphatic rings. The molecule has 1 unspecified atom stereocenters. The van der Waals surface area contributed by atoms with Crippen molar-refractivity contribution in [2.24, 2.45) is 5.92 Å². The fourth-order valence-electron chi connectivity index (χ4n) is 2.86. The molecular formula is C16H27N3OS. The van der Waals surface area contributed by atoms with Crippen molar-refractivity contribution in [3.8, 4) is 0 Å². The second-order valence-electron chi connectivity index (χ2n) is 5.94. The Labute approximate surface area is 131 Å². The van der Waals surface area contributed by atoms with Gasteiger partial charge in [0.25, 0.3) is 0 Å². The third-order valence-corrected chi connectivity index (χ3v) is 4.88. The quantitative estimate of drug-likeness (QED) is 0.810. The van der Waals surface area contributed by atoms with Crippen LogP contribution in [0.15, 0.2) is 12.1 Å². The third-order valence-electron chi connectivity index (χ3n) is 3.89. The molecule has 0 aliphatic carbocycles. The summed E-state index contributed by atoms with van der Waals surface area (Å²) in [5, 5.41) is 6.40. The van der Waals surface area contributed by atoms with E-state index in [1.807, 2.05) is 11.3 Å². The SMILES string of the molecule is CC(=O)NCCN(Cc1ccc(C)s1)CC1CCCNC1. The van der Waals surface area contributed by atoms with Crippen molar-refractivity contribution in [1.29, 1.82) is 0 Å². The first-order valence-electron chi connectivity index (χ1n) is 7.86. The van der Waals surface area contributed by atoms with E-state index < -0.39 is 0 Å². The number of thiophene rings is 1. The number of nitrogens with one attached hydrogen (secondary N) is 2. The minimum atomic E-state index is 0.0567. The molecule has 118 valence electrons. The summed E-state index contributed by atoms with van der Waals surface area (Å²) in [6.07, 6.45) is 2.59. The Hall–Kier alpha value is -0.910. The monoisotopic (exact) mass is 309 g/mol. The molecule has 1 aliphatic heterocycles. The van der Waals surface area contributed by atoms with E-state index in [1.165, 1.54) is 22.6 Å². The highest BCUT2D eigenvalue weighted by molar-refractivity contribution is 7.11. The molecule has 1 atom stereocenters. The minimum Gasteiger partial charge on any atom is -0.355 e. The van der Waals surface area contributed by atoms with Crippen LogP contribution in [0, 0.1) is 12.8 Å². The first-order chi connectivity index (χ1) is 10.1. The van der Waals surface area contributed by atoms with Gasteiger partial charge in [0, 0.05) is 42.9 Å². The lowest BCUT2D eigenvalue weighted by molar-refractivity contribution is -0.119. The maximum Gasteiger partial charge on any atom is 0.216 e. The smallest absolute Gasteiger partial charge is 0.216 e. The van der Waals surface area contributed by atoms with E-state index >= 15 is 0 Å². The number of aryl methyl sites for hydroxylation is 1. The Balaban J connectivity index is 1.86. The summed E-state index contributed by atoms with van der Waals surface area (Å²) in [6.45, 7) is 9.79. The van der Waals surface area contributed by atoms with Crippen LogP contribution in [-0.2, 0) is 11.3 Å². The van der Waals surface area contributed by atoms with Crippen LogP contribution in [0.1, 0.15) is 29.5 Å². The van der Waals surface area contributed by atoms with Gasteiger partial charge >= 0.3 is 0 Å². The zero-order chi connectivity index (χ0) is 15.1. The van der Waals surface area contributed by atoms with Gasteiger partial charge in [0.05, 0.1) is 0 Å². The Bertz CT molecular complexity index is 440. The molecular weight excluding hydrogens is 282 g/mol. The number of carbonyl (C=O) groups excluding carboxylic acids is 1. The standard InChI is InChI=1S/C16H27N3OS/c1-13-5-6-16(21-13)12-19(9-8-18-14(2)20)11-15-4-3-7-17-10-15/h5-6,15,17H,3-4,7-12H2,1-2H3,(H,18,20). The summed E-state index contributed by atoms with van der Waals surface area (Å²) >= 11 is 1.87. The number of rotatable bonds is 7. The van der Waals surface area contributed by atoms with Crippen LogP contribution >= 0.6 is 11.3 Å². The Morgan fingerprint density at radius 3 is 3.00 bits per heavy atom. The van der Waals surface area contributed by atoms with Crippen LogP contribution in [0.25, 0.3) is 0 Å². The first-order valence-corrected chi connectivity index (χ1v) is 8.68. The molecule has 1 aromatic rings. The van der Waals surface area contributed by atoms with Crippen molar-refractivity contribution in [1.82, 2.24) is 15.5 Å². The van der Waals surface area contributed by atoms with E-state index in [0.29, 0.717) is 0 Å². The molecule has 2 rings (SSSR count). The average molecular weight is 309 g/mol. The van der Waals surface area contributed by atoms with Crippen molar-refractivity contribution < 1.29 is 4.79 Å². The van der Waals surface area contributed by atoms with Crippen molar-refractivity contribution in [3.63, 3.8) is 0 Å². The molecule has 0 radical (unpaired) electrons. The third kappa shape index (κ3) is 6.16. The fourth-order valence-corrected chi connectivity index (χ4v) is 3.79. The Morgan fingerprint density at radius 1 is 1.52 bits per heavy atom. The van der Waals surface area contributed by atoms with Crippen molar-refractivity contribution in [2.45, 2.75) is 33.2 Å². The minimum absolute atomic E-state index is 0.0567. The molecule has 4 nitrogen and oxygen atoms in total. The van der Waals surface area contributed by atoms with E-state index in [9.17, 15) is 4.79 Å². The van der Waals surface area contributed by atoms with Gasteiger partial charge in [0.15, 0.2) is 0 Å². The van der Waals surface area contributed by atoms with Crippen molar-refractivity contribution in [2.75, 3.05) is 32.7 Å². The summed E-state index contributed by atoms with van der Waals surface area (Å²) in [4.78, 5) is 16.3. The van der Waals surface area contributed by atoms with Crippen LogP contribution in [0.4, 0.5) is 0 Å². The van der Waals surface area contributed by atoms with Crippen LogP contribution in [0.3, 0.4) is 0 Å². The molecule has 0 bridgehead atoms. The summed E-state index contributed by atoms with van der Waals surface area (Å²) < 4.78 is 0. The van der Waals surface area contributed by atoms with Crippen molar-refractivity contribution >= 4 is 17.2 Å². The largest absolute Gasteiger partial charge is 0.355 e. The zero-order valence-corrected chi connectivity index (χ0v) is 14.0. The first kappa shape index (κ1) is 16.5. The number of carbonyl (C=O) groups is 1. The molecule has 0 spiro atoms. The summed E-state index contributed by atoms with van der Waals surface area (Å²) in [6, 6.07) is 4.42. The molecule has 21 heavy (non-hydrogen) atoms. The summed E-state index contributed by atoms with van der Waals surface area (Å²) in [5.41, 5.74) is 0. The van der Waals surface area contributed by atoms with E-state index in [1.54, 1.807) is 6.92 Å². The van der Waals surface area contributed by atoms with Crippen LogP contribution in [-0.4, -0.2) is 43.5 Å². The lowest BCUT2D eigenvalue weighted by Gasteiger charge is -2.30. The number of nitrogens with zero attached hydrogens (tertiary/aromatic N) is 1.